The summed E-state index contributed by atoms with van der Waals surface area (Å²) in [6.07, 6.45) is 17.3. The van der Waals surface area contributed by atoms with Gasteiger partial charge in [0.15, 0.2) is 0 Å². The topological polar surface area (TPSA) is 82.9 Å². The molecular weight excluding hydrogens is 424 g/mol. The van der Waals surface area contributed by atoms with Crippen molar-refractivity contribution in [2.75, 3.05) is 0 Å². The molecule has 6 heteroatoms. The van der Waals surface area contributed by atoms with Crippen LogP contribution in [-0.4, -0.2) is 24.2 Å². The lowest BCUT2D eigenvalue weighted by Crippen LogP contribution is -2.16. The van der Waals surface area contributed by atoms with Gasteiger partial charge in [-0.3, -0.25) is 9.59 Å². The first-order chi connectivity index (χ1) is 16.7. The smallest absolute Gasteiger partial charge is 0.240 e. The standard InChI is InChI=1S/C28H34N4O2/c33-27(31-29-23-13-19-25-15-7-5-8-16-25)21-11-3-1-2-4-12-22-28(34)32-30-24-14-20-26-17-9-6-10-18-26/h5-10,13-20,23-24H,1-4,11-12,21-22H2,(H,31,33)(H,32,34)/b19-13-,20-14+,29-23+,30-24+. The first-order valence-corrected chi connectivity index (χ1v) is 11.8. The molecule has 0 aromatic heterocycles. The van der Waals surface area contributed by atoms with Crippen molar-refractivity contribution in [2.45, 2.75) is 51.4 Å². The van der Waals surface area contributed by atoms with Crippen molar-refractivity contribution < 1.29 is 9.59 Å². The molecule has 0 radical (unpaired) electrons. The number of hydrazone groups is 2. The number of allylic oxidation sites excluding steroid dienone is 2. The van der Waals surface area contributed by atoms with E-state index in [-0.39, 0.29) is 11.8 Å². The number of hydrogen-bond acceptors (Lipinski definition) is 4. The first-order valence-electron chi connectivity index (χ1n) is 11.8. The number of carbonyl (C=O) groups is 2. The van der Waals surface area contributed by atoms with Gasteiger partial charge in [0.25, 0.3) is 0 Å². The average molecular weight is 459 g/mol. The highest BCUT2D eigenvalue weighted by molar-refractivity contribution is 5.82. The van der Waals surface area contributed by atoms with Gasteiger partial charge in [0, 0.05) is 25.3 Å². The van der Waals surface area contributed by atoms with Crippen LogP contribution in [0.2, 0.25) is 0 Å². The molecule has 0 heterocycles. The Labute approximate surface area is 202 Å². The minimum Gasteiger partial charge on any atom is -0.273 e. The zero-order chi connectivity index (χ0) is 24.1. The second-order valence-electron chi connectivity index (χ2n) is 7.79. The van der Waals surface area contributed by atoms with Gasteiger partial charge in [-0.1, -0.05) is 98.5 Å². The Bertz CT molecular complexity index is 871. The molecule has 0 saturated carbocycles. The molecule has 0 unspecified atom stereocenters. The van der Waals surface area contributed by atoms with E-state index in [9.17, 15) is 9.59 Å². The Kier molecular flexibility index (Phi) is 13.8. The number of nitrogens with one attached hydrogen (secondary N) is 2. The van der Waals surface area contributed by atoms with Gasteiger partial charge in [0.05, 0.1) is 0 Å². The number of amides is 2. The Hall–Kier alpha value is -3.80. The van der Waals surface area contributed by atoms with E-state index in [1.54, 1.807) is 24.6 Å². The molecule has 0 bridgehead atoms. The van der Waals surface area contributed by atoms with E-state index < -0.39 is 0 Å². The van der Waals surface area contributed by atoms with Crippen LogP contribution in [0.5, 0.6) is 0 Å². The quantitative estimate of drug-likeness (QED) is 0.203. The van der Waals surface area contributed by atoms with Gasteiger partial charge in [-0.2, -0.15) is 10.2 Å². The lowest BCUT2D eigenvalue weighted by atomic mass is 10.1. The molecule has 2 aromatic carbocycles. The van der Waals surface area contributed by atoms with E-state index in [4.69, 9.17) is 0 Å². The SMILES string of the molecule is O=C(CCCCCCCCC(=O)N/N=C/C=C/c1ccccc1)N/N=C/C=C\c1ccccc1. The summed E-state index contributed by atoms with van der Waals surface area (Å²) >= 11 is 0. The summed E-state index contributed by atoms with van der Waals surface area (Å²) in [7, 11) is 0. The molecule has 0 atom stereocenters. The van der Waals surface area contributed by atoms with Gasteiger partial charge >= 0.3 is 0 Å². The second kappa shape index (κ2) is 17.7. The molecule has 6 nitrogen and oxygen atoms in total. The predicted molar refractivity (Wildman–Crippen MR) is 141 cm³/mol. The van der Waals surface area contributed by atoms with Gasteiger partial charge in [-0.25, -0.2) is 10.9 Å². The highest BCUT2D eigenvalue weighted by Crippen LogP contribution is 2.08. The van der Waals surface area contributed by atoms with Crippen LogP contribution in [0.15, 0.2) is 83.0 Å². The Balaban J connectivity index is 1.40. The van der Waals surface area contributed by atoms with Crippen molar-refractivity contribution in [3.05, 3.63) is 83.9 Å². The van der Waals surface area contributed by atoms with Gasteiger partial charge in [0.2, 0.25) is 11.8 Å². The second-order valence-corrected chi connectivity index (χ2v) is 7.79. The monoisotopic (exact) mass is 458 g/mol. The third-order valence-electron chi connectivity index (χ3n) is 4.93. The fourth-order valence-corrected chi connectivity index (χ4v) is 3.13. The van der Waals surface area contributed by atoms with Gasteiger partial charge in [-0.05, 0) is 36.1 Å². The highest BCUT2D eigenvalue weighted by Gasteiger charge is 2.01. The summed E-state index contributed by atoms with van der Waals surface area (Å²) < 4.78 is 0. The van der Waals surface area contributed by atoms with Crippen LogP contribution >= 0.6 is 0 Å². The molecule has 0 aliphatic carbocycles. The third kappa shape index (κ3) is 13.6. The van der Waals surface area contributed by atoms with E-state index in [2.05, 4.69) is 21.1 Å². The molecule has 0 fully saturated rings. The molecule has 178 valence electrons. The summed E-state index contributed by atoms with van der Waals surface area (Å²) in [4.78, 5) is 23.6. The fraction of sp³-hybridized carbons (Fsp3) is 0.286. The van der Waals surface area contributed by atoms with E-state index in [0.717, 1.165) is 49.7 Å². The molecule has 2 aromatic rings. The van der Waals surface area contributed by atoms with Crippen LogP contribution in [0.1, 0.15) is 62.5 Å². The van der Waals surface area contributed by atoms with Crippen LogP contribution < -0.4 is 10.9 Å². The highest BCUT2D eigenvalue weighted by atomic mass is 16.2. The third-order valence-corrected chi connectivity index (χ3v) is 4.93. The van der Waals surface area contributed by atoms with Crippen molar-refractivity contribution in [2.24, 2.45) is 10.2 Å². The lowest BCUT2D eigenvalue weighted by molar-refractivity contribution is -0.122. The number of carbonyl (C=O) groups excluding carboxylic acids is 2. The number of nitrogens with zero attached hydrogens (tertiary/aromatic N) is 2. The molecule has 2 N–H and O–H groups in total. The zero-order valence-electron chi connectivity index (χ0n) is 19.6. The van der Waals surface area contributed by atoms with E-state index in [1.165, 1.54) is 0 Å². The van der Waals surface area contributed by atoms with Crippen molar-refractivity contribution in [3.63, 3.8) is 0 Å². The molecule has 0 spiro atoms. The van der Waals surface area contributed by atoms with E-state index >= 15 is 0 Å². The molecular formula is C28H34N4O2. The Morgan fingerprint density at radius 3 is 1.38 bits per heavy atom. The Morgan fingerprint density at radius 1 is 0.588 bits per heavy atom. The summed E-state index contributed by atoms with van der Waals surface area (Å²) in [6.45, 7) is 0. The summed E-state index contributed by atoms with van der Waals surface area (Å²) in [5.74, 6) is -0.139. The molecule has 0 saturated heterocycles. The lowest BCUT2D eigenvalue weighted by Gasteiger charge is -2.02. The zero-order valence-corrected chi connectivity index (χ0v) is 19.6. The molecule has 0 aliphatic rings. The van der Waals surface area contributed by atoms with Crippen LogP contribution in [0, 0.1) is 0 Å². The number of unbranched alkanes of at least 4 members (excludes halogenated alkanes) is 5. The van der Waals surface area contributed by atoms with Crippen molar-refractivity contribution in [3.8, 4) is 0 Å². The molecule has 34 heavy (non-hydrogen) atoms. The maximum atomic E-state index is 11.8. The Morgan fingerprint density at radius 2 is 0.971 bits per heavy atom. The maximum absolute atomic E-state index is 11.8. The minimum absolute atomic E-state index is 0.0693. The van der Waals surface area contributed by atoms with Crippen LogP contribution in [0.25, 0.3) is 12.2 Å². The van der Waals surface area contributed by atoms with Gasteiger partial charge in [0.1, 0.15) is 0 Å². The normalized spacial score (nSPS) is 11.6. The number of benzene rings is 2. The number of hydrogen-bond donors (Lipinski definition) is 2. The van der Waals surface area contributed by atoms with Gasteiger partial charge < -0.3 is 0 Å². The first kappa shape index (κ1) is 26.5. The predicted octanol–water partition coefficient (Wildman–Crippen LogP) is 5.74. The van der Waals surface area contributed by atoms with Crippen LogP contribution in [0.4, 0.5) is 0 Å². The fourth-order valence-electron chi connectivity index (χ4n) is 3.13. The summed E-state index contributed by atoms with van der Waals surface area (Å²) in [5, 5.41) is 7.85. The van der Waals surface area contributed by atoms with E-state index in [1.807, 2.05) is 72.8 Å². The summed E-state index contributed by atoms with van der Waals surface area (Å²) in [5.41, 5.74) is 7.26. The molecule has 2 rings (SSSR count). The van der Waals surface area contributed by atoms with Gasteiger partial charge in [-0.15, -0.1) is 0 Å². The molecule has 2 amide bonds. The van der Waals surface area contributed by atoms with Crippen molar-refractivity contribution in [1.82, 2.24) is 10.9 Å². The van der Waals surface area contributed by atoms with Crippen molar-refractivity contribution >= 4 is 36.4 Å². The number of rotatable bonds is 15. The van der Waals surface area contributed by atoms with Crippen molar-refractivity contribution in [1.29, 1.82) is 0 Å². The largest absolute Gasteiger partial charge is 0.273 e. The average Bonchev–Trinajstić information content (AvgIpc) is 2.86. The summed E-state index contributed by atoms with van der Waals surface area (Å²) in [6, 6.07) is 19.8. The minimum atomic E-state index is -0.0693. The van der Waals surface area contributed by atoms with Crippen LogP contribution in [-0.2, 0) is 9.59 Å². The molecule has 0 aliphatic heterocycles. The maximum Gasteiger partial charge on any atom is 0.240 e. The van der Waals surface area contributed by atoms with E-state index in [0.29, 0.717) is 12.8 Å². The van der Waals surface area contributed by atoms with Crippen LogP contribution in [0.3, 0.4) is 0 Å².